The molecule has 0 atom stereocenters. The molecule has 1 aliphatic carbocycles. The number of carbonyl (C=O) groups is 1. The van der Waals surface area contributed by atoms with Crippen molar-refractivity contribution in [1.82, 2.24) is 15.0 Å². The first-order valence-corrected chi connectivity index (χ1v) is 8.46. The van der Waals surface area contributed by atoms with E-state index in [1.807, 2.05) is 12.1 Å². The van der Waals surface area contributed by atoms with E-state index in [1.165, 1.54) is 7.11 Å². The van der Waals surface area contributed by atoms with Gasteiger partial charge in [-0.25, -0.2) is 14.8 Å². The van der Waals surface area contributed by atoms with E-state index in [2.05, 4.69) is 15.0 Å². The molecule has 2 aromatic heterocycles. The SMILES string of the molecule is COC(=O)c1ccc(C2(c3nc4ncc(C(F)(F)F)cc4[nH]3)CCC2)cc1. The quantitative estimate of drug-likeness (QED) is 0.696. The van der Waals surface area contributed by atoms with Gasteiger partial charge in [0, 0.05) is 6.20 Å². The van der Waals surface area contributed by atoms with E-state index >= 15 is 0 Å². The summed E-state index contributed by atoms with van der Waals surface area (Å²) < 4.78 is 43.5. The van der Waals surface area contributed by atoms with E-state index < -0.39 is 23.1 Å². The Hall–Kier alpha value is -2.90. The smallest absolute Gasteiger partial charge is 0.417 e. The lowest BCUT2D eigenvalue weighted by molar-refractivity contribution is -0.137. The lowest BCUT2D eigenvalue weighted by atomic mass is 9.64. The maximum absolute atomic E-state index is 12.9. The number of carbonyl (C=O) groups excluding carboxylic acids is 1. The zero-order valence-electron chi connectivity index (χ0n) is 14.4. The summed E-state index contributed by atoms with van der Waals surface area (Å²) in [6.45, 7) is 0. The van der Waals surface area contributed by atoms with Gasteiger partial charge in [-0.05, 0) is 36.6 Å². The number of pyridine rings is 1. The van der Waals surface area contributed by atoms with Crippen LogP contribution in [0.3, 0.4) is 0 Å². The molecule has 0 bridgehead atoms. The van der Waals surface area contributed by atoms with Gasteiger partial charge >= 0.3 is 12.1 Å². The molecule has 0 unspecified atom stereocenters. The molecular weight excluding hydrogens is 359 g/mol. The van der Waals surface area contributed by atoms with Crippen molar-refractivity contribution in [2.75, 3.05) is 7.11 Å². The van der Waals surface area contributed by atoms with Crippen molar-refractivity contribution < 1.29 is 22.7 Å². The van der Waals surface area contributed by atoms with Gasteiger partial charge in [0.1, 0.15) is 5.82 Å². The zero-order chi connectivity index (χ0) is 19.2. The van der Waals surface area contributed by atoms with Crippen molar-refractivity contribution in [1.29, 1.82) is 0 Å². The highest BCUT2D eigenvalue weighted by Crippen LogP contribution is 2.48. The molecule has 1 N–H and O–H groups in total. The van der Waals surface area contributed by atoms with Crippen LogP contribution in [0, 0.1) is 0 Å². The van der Waals surface area contributed by atoms with E-state index in [-0.39, 0.29) is 11.2 Å². The maximum atomic E-state index is 12.9. The Bertz CT molecular complexity index is 1010. The van der Waals surface area contributed by atoms with Gasteiger partial charge in [0.25, 0.3) is 0 Å². The molecule has 1 aromatic carbocycles. The molecule has 4 rings (SSSR count). The Balaban J connectivity index is 1.74. The first-order chi connectivity index (χ1) is 12.8. The summed E-state index contributed by atoms with van der Waals surface area (Å²) >= 11 is 0. The van der Waals surface area contributed by atoms with E-state index in [9.17, 15) is 18.0 Å². The second-order valence-corrected chi connectivity index (χ2v) is 6.68. The number of halogens is 3. The van der Waals surface area contributed by atoms with E-state index in [0.717, 1.165) is 37.1 Å². The number of alkyl halides is 3. The van der Waals surface area contributed by atoms with E-state index in [1.54, 1.807) is 12.1 Å². The van der Waals surface area contributed by atoms with Crippen molar-refractivity contribution in [3.8, 4) is 0 Å². The number of benzene rings is 1. The average molecular weight is 375 g/mol. The molecule has 3 aromatic rings. The molecule has 2 heterocycles. The molecular formula is C19H16F3N3O2. The minimum atomic E-state index is -4.45. The Kier molecular flexibility index (Phi) is 3.94. The fourth-order valence-corrected chi connectivity index (χ4v) is 3.52. The molecule has 1 fully saturated rings. The van der Waals surface area contributed by atoms with Crippen LogP contribution < -0.4 is 0 Å². The molecule has 0 aliphatic heterocycles. The lowest BCUT2D eigenvalue weighted by Gasteiger charge is -2.40. The highest BCUT2D eigenvalue weighted by molar-refractivity contribution is 5.89. The van der Waals surface area contributed by atoms with Crippen molar-refractivity contribution in [2.24, 2.45) is 0 Å². The summed E-state index contributed by atoms with van der Waals surface area (Å²) in [5.74, 6) is 0.179. The van der Waals surface area contributed by atoms with Crippen LogP contribution in [-0.4, -0.2) is 28.0 Å². The summed E-state index contributed by atoms with van der Waals surface area (Å²) in [5.41, 5.74) is 0.699. The summed E-state index contributed by atoms with van der Waals surface area (Å²) in [4.78, 5) is 23.0. The third-order valence-electron chi connectivity index (χ3n) is 5.18. The molecule has 0 radical (unpaired) electrons. The minimum Gasteiger partial charge on any atom is -0.465 e. The number of ether oxygens (including phenoxy) is 1. The highest BCUT2D eigenvalue weighted by atomic mass is 19.4. The van der Waals surface area contributed by atoms with Crippen LogP contribution in [0.2, 0.25) is 0 Å². The molecule has 0 amide bonds. The molecule has 1 saturated carbocycles. The van der Waals surface area contributed by atoms with Gasteiger partial charge in [-0.3, -0.25) is 0 Å². The largest absolute Gasteiger partial charge is 0.465 e. The number of rotatable bonds is 3. The molecule has 0 saturated heterocycles. The van der Waals surface area contributed by atoms with Crippen LogP contribution in [-0.2, 0) is 16.3 Å². The van der Waals surface area contributed by atoms with Gasteiger partial charge in [0.2, 0.25) is 0 Å². The second kappa shape index (κ2) is 6.07. The summed E-state index contributed by atoms with van der Waals surface area (Å²) in [7, 11) is 1.32. The van der Waals surface area contributed by atoms with Crippen LogP contribution in [0.25, 0.3) is 11.2 Å². The van der Waals surface area contributed by atoms with Crippen molar-refractivity contribution >= 4 is 17.1 Å². The third-order valence-corrected chi connectivity index (χ3v) is 5.18. The monoisotopic (exact) mass is 375 g/mol. The van der Waals surface area contributed by atoms with Gasteiger partial charge < -0.3 is 9.72 Å². The topological polar surface area (TPSA) is 67.9 Å². The molecule has 140 valence electrons. The van der Waals surface area contributed by atoms with Crippen molar-refractivity contribution in [3.63, 3.8) is 0 Å². The average Bonchev–Trinajstić information content (AvgIpc) is 3.03. The number of aromatic nitrogens is 3. The van der Waals surface area contributed by atoms with E-state index in [0.29, 0.717) is 11.4 Å². The summed E-state index contributed by atoms with van der Waals surface area (Å²) in [5, 5.41) is 0. The summed E-state index contributed by atoms with van der Waals surface area (Å²) in [6.07, 6.45) is -1.04. The Morgan fingerprint density at radius 2 is 1.93 bits per heavy atom. The molecule has 5 nitrogen and oxygen atoms in total. The summed E-state index contributed by atoms with van der Waals surface area (Å²) in [6, 6.07) is 8.08. The first kappa shape index (κ1) is 17.5. The number of fused-ring (bicyclic) bond motifs is 1. The molecule has 1 aliphatic rings. The number of hydrogen-bond donors (Lipinski definition) is 1. The van der Waals surface area contributed by atoms with Gasteiger partial charge in [0.15, 0.2) is 5.65 Å². The van der Waals surface area contributed by atoms with Crippen LogP contribution >= 0.6 is 0 Å². The van der Waals surface area contributed by atoms with Gasteiger partial charge in [-0.1, -0.05) is 18.6 Å². The Labute approximate surface area is 152 Å². The standard InChI is InChI=1S/C19H16F3N3O2/c1-27-16(26)11-3-5-12(6-4-11)18(7-2-8-18)17-24-14-9-13(19(20,21)22)10-23-15(14)25-17/h3-6,9-10H,2,7-8H2,1H3,(H,23,24,25). The minimum absolute atomic E-state index is 0.260. The van der Waals surface area contributed by atoms with Gasteiger partial charge in [0.05, 0.1) is 29.2 Å². The number of aromatic amines is 1. The predicted molar refractivity (Wildman–Crippen MR) is 91.3 cm³/mol. The fourth-order valence-electron chi connectivity index (χ4n) is 3.52. The highest BCUT2D eigenvalue weighted by Gasteiger charge is 2.43. The number of imidazole rings is 1. The Morgan fingerprint density at radius 3 is 2.48 bits per heavy atom. The van der Waals surface area contributed by atoms with E-state index in [4.69, 9.17) is 4.74 Å². The van der Waals surface area contributed by atoms with Crippen LogP contribution in [0.1, 0.15) is 46.6 Å². The molecule has 0 spiro atoms. The number of hydrogen-bond acceptors (Lipinski definition) is 4. The van der Waals surface area contributed by atoms with Crippen molar-refractivity contribution in [3.05, 3.63) is 59.0 Å². The maximum Gasteiger partial charge on any atom is 0.417 e. The first-order valence-electron chi connectivity index (χ1n) is 8.46. The number of esters is 1. The van der Waals surface area contributed by atoms with Crippen LogP contribution in [0.15, 0.2) is 36.5 Å². The second-order valence-electron chi connectivity index (χ2n) is 6.68. The third kappa shape index (κ3) is 2.85. The number of methoxy groups -OCH3 is 1. The normalized spacial score (nSPS) is 16.1. The number of nitrogens with one attached hydrogen (secondary N) is 1. The molecule has 27 heavy (non-hydrogen) atoms. The van der Waals surface area contributed by atoms with Gasteiger partial charge in [-0.2, -0.15) is 13.2 Å². The van der Waals surface area contributed by atoms with Crippen LogP contribution in [0.4, 0.5) is 13.2 Å². The fraction of sp³-hybridized carbons (Fsp3) is 0.316. The predicted octanol–water partition coefficient (Wildman–Crippen LogP) is 4.23. The number of H-pyrrole nitrogens is 1. The van der Waals surface area contributed by atoms with Crippen molar-refractivity contribution in [2.45, 2.75) is 30.9 Å². The van der Waals surface area contributed by atoms with Crippen LogP contribution in [0.5, 0.6) is 0 Å². The Morgan fingerprint density at radius 1 is 1.22 bits per heavy atom. The lowest BCUT2D eigenvalue weighted by Crippen LogP contribution is -2.36. The number of nitrogens with zero attached hydrogens (tertiary/aromatic N) is 2. The zero-order valence-corrected chi connectivity index (χ0v) is 14.4. The molecule has 8 heteroatoms. The van der Waals surface area contributed by atoms with Gasteiger partial charge in [-0.15, -0.1) is 0 Å².